The van der Waals surface area contributed by atoms with Crippen molar-refractivity contribution in [2.24, 2.45) is 5.92 Å². The summed E-state index contributed by atoms with van der Waals surface area (Å²) in [7, 11) is 0. The Morgan fingerprint density at radius 1 is 0.900 bits per heavy atom. The van der Waals surface area contributed by atoms with Gasteiger partial charge in [0.1, 0.15) is 24.6 Å². The molecule has 0 radical (unpaired) electrons. The molecule has 208 valence electrons. The van der Waals surface area contributed by atoms with Gasteiger partial charge in [-0.3, -0.25) is 0 Å². The zero-order valence-corrected chi connectivity index (χ0v) is 21.7. The second kappa shape index (κ2) is 12.6. The molecular weight excluding hydrogens is 521 g/mol. The lowest BCUT2D eigenvalue weighted by atomic mass is 9.98. The molecule has 1 aliphatic heterocycles. The molecule has 1 aromatic heterocycles. The molecule has 11 heteroatoms. The highest BCUT2D eigenvalue weighted by Gasteiger charge is 2.19. The Morgan fingerprint density at radius 2 is 1.62 bits per heavy atom. The van der Waals surface area contributed by atoms with Gasteiger partial charge in [0.2, 0.25) is 0 Å². The predicted octanol–water partition coefficient (Wildman–Crippen LogP) is 6.36. The Bertz CT molecular complexity index is 1460. The van der Waals surface area contributed by atoms with Crippen molar-refractivity contribution in [3.05, 3.63) is 78.6 Å². The Kier molecular flexibility index (Phi) is 8.60. The minimum Gasteiger partial charge on any atom is -0.493 e. The summed E-state index contributed by atoms with van der Waals surface area (Å²) in [5.41, 5.74) is 2.12. The summed E-state index contributed by atoms with van der Waals surface area (Å²) < 4.78 is 45.0. The average molecular weight is 551 g/mol. The first-order chi connectivity index (χ1) is 19.5. The van der Waals surface area contributed by atoms with Gasteiger partial charge < -0.3 is 25.6 Å². The number of halogens is 3. The van der Waals surface area contributed by atoms with Crippen LogP contribution in [0.15, 0.2) is 67.0 Å². The topological polar surface area (TPSA) is 91.4 Å². The normalized spacial score (nSPS) is 14.2. The molecule has 0 atom stereocenters. The predicted molar refractivity (Wildman–Crippen MR) is 149 cm³/mol. The number of anilines is 4. The van der Waals surface area contributed by atoms with Gasteiger partial charge in [0.05, 0.1) is 12.1 Å². The summed E-state index contributed by atoms with van der Waals surface area (Å²) in [6, 6.07) is 15.2. The van der Waals surface area contributed by atoms with Crippen molar-refractivity contribution >= 4 is 39.8 Å². The third kappa shape index (κ3) is 6.97. The van der Waals surface area contributed by atoms with Crippen molar-refractivity contribution < 1.29 is 22.7 Å². The van der Waals surface area contributed by atoms with Gasteiger partial charge in [-0.2, -0.15) is 0 Å². The van der Waals surface area contributed by atoms with Crippen LogP contribution in [0.3, 0.4) is 0 Å². The van der Waals surface area contributed by atoms with Crippen LogP contribution in [0.25, 0.3) is 10.9 Å². The van der Waals surface area contributed by atoms with Crippen LogP contribution in [0.5, 0.6) is 5.75 Å². The number of urea groups is 1. The highest BCUT2D eigenvalue weighted by Crippen LogP contribution is 2.28. The molecule has 0 bridgehead atoms. The smallest absolute Gasteiger partial charge is 0.323 e. The molecule has 8 nitrogen and oxygen atoms in total. The van der Waals surface area contributed by atoms with E-state index in [1.165, 1.54) is 12.4 Å². The molecule has 0 aliphatic carbocycles. The molecule has 3 N–H and O–H groups in total. The Balaban J connectivity index is 1.16. The Morgan fingerprint density at radius 3 is 2.38 bits per heavy atom. The number of piperidine rings is 1. The number of hydrogen-bond acceptors (Lipinski definition) is 6. The molecule has 1 saturated heterocycles. The maximum absolute atomic E-state index is 13.4. The van der Waals surface area contributed by atoms with E-state index < -0.39 is 17.7 Å². The van der Waals surface area contributed by atoms with Crippen molar-refractivity contribution in [2.45, 2.75) is 12.8 Å². The number of fused-ring (bicyclic) bond motifs is 1. The summed E-state index contributed by atoms with van der Waals surface area (Å²) >= 11 is 0. The first-order valence-electron chi connectivity index (χ1n) is 13.0. The number of benzene rings is 3. The van der Waals surface area contributed by atoms with Gasteiger partial charge in [0, 0.05) is 41.1 Å². The minimum absolute atomic E-state index is 0.134. The first-order valence-corrected chi connectivity index (χ1v) is 13.0. The van der Waals surface area contributed by atoms with Crippen LogP contribution >= 0.6 is 0 Å². The van der Waals surface area contributed by atoms with Gasteiger partial charge >= 0.3 is 6.03 Å². The minimum atomic E-state index is -1.04. The fourth-order valence-corrected chi connectivity index (χ4v) is 4.58. The van der Waals surface area contributed by atoms with Gasteiger partial charge in [0.25, 0.3) is 0 Å². The van der Waals surface area contributed by atoms with E-state index in [9.17, 15) is 18.0 Å². The lowest BCUT2D eigenvalue weighted by Crippen LogP contribution is -2.36. The number of nitrogens with zero attached hydrogens (tertiary/aromatic N) is 3. The van der Waals surface area contributed by atoms with Gasteiger partial charge in [-0.1, -0.05) is 0 Å². The third-order valence-electron chi connectivity index (χ3n) is 6.78. The molecule has 0 spiro atoms. The zero-order chi connectivity index (χ0) is 27.9. The van der Waals surface area contributed by atoms with E-state index in [2.05, 4.69) is 30.8 Å². The molecule has 2 heterocycles. The van der Waals surface area contributed by atoms with E-state index in [4.69, 9.17) is 4.74 Å². The maximum atomic E-state index is 13.4. The van der Waals surface area contributed by atoms with Gasteiger partial charge in [0.15, 0.2) is 11.6 Å². The molecule has 40 heavy (non-hydrogen) atoms. The van der Waals surface area contributed by atoms with E-state index in [0.29, 0.717) is 30.6 Å². The number of carbonyl (C=O) groups is 1. The van der Waals surface area contributed by atoms with Crippen molar-refractivity contribution in [1.29, 1.82) is 0 Å². The summed E-state index contributed by atoms with van der Waals surface area (Å²) in [5, 5.41) is 9.19. The second-order valence-electron chi connectivity index (χ2n) is 9.60. The van der Waals surface area contributed by atoms with Crippen LogP contribution < -0.4 is 20.7 Å². The lowest BCUT2D eigenvalue weighted by Gasteiger charge is -2.31. The van der Waals surface area contributed by atoms with E-state index >= 15 is 0 Å². The van der Waals surface area contributed by atoms with Gasteiger partial charge in [-0.05, 0) is 80.4 Å². The van der Waals surface area contributed by atoms with Gasteiger partial charge in [-0.25, -0.2) is 27.9 Å². The number of amides is 2. The molecule has 2 amide bonds. The molecule has 1 aliphatic rings. The lowest BCUT2D eigenvalue weighted by molar-refractivity contribution is 0.135. The third-order valence-corrected chi connectivity index (χ3v) is 6.78. The fourth-order valence-electron chi connectivity index (χ4n) is 4.58. The SMILES string of the molecule is O=C(Nc1ccc(Nc2ncnc3cc(OCC4CCN(CCF)CC4)ccc23)cc1)Nc1ccc(F)c(F)c1. The van der Waals surface area contributed by atoms with Crippen LogP contribution in [-0.4, -0.2) is 53.8 Å². The van der Waals surface area contributed by atoms with Crippen molar-refractivity contribution in [3.63, 3.8) is 0 Å². The highest BCUT2D eigenvalue weighted by atomic mass is 19.2. The Hall–Kier alpha value is -4.38. The fraction of sp³-hybridized carbons (Fsp3) is 0.276. The number of hydrogen-bond donors (Lipinski definition) is 3. The largest absolute Gasteiger partial charge is 0.493 e. The number of ether oxygens (including phenoxy) is 1. The maximum Gasteiger partial charge on any atom is 0.323 e. The average Bonchev–Trinajstić information content (AvgIpc) is 2.96. The quantitative estimate of drug-likeness (QED) is 0.225. The van der Waals surface area contributed by atoms with E-state index in [-0.39, 0.29) is 12.4 Å². The molecule has 4 aromatic rings. The monoisotopic (exact) mass is 550 g/mol. The summed E-state index contributed by atoms with van der Waals surface area (Å²) in [4.78, 5) is 23.1. The number of aromatic nitrogens is 2. The zero-order valence-electron chi connectivity index (χ0n) is 21.7. The summed E-state index contributed by atoms with van der Waals surface area (Å²) in [6.07, 6.45) is 3.47. The summed E-state index contributed by atoms with van der Waals surface area (Å²) in [5.74, 6) is -0.228. The van der Waals surface area contributed by atoms with Crippen LogP contribution in [-0.2, 0) is 0 Å². The van der Waals surface area contributed by atoms with Crippen LogP contribution in [0, 0.1) is 17.6 Å². The molecule has 1 fully saturated rings. The molecule has 0 unspecified atom stereocenters. The first kappa shape index (κ1) is 27.2. The molecule has 0 saturated carbocycles. The highest BCUT2D eigenvalue weighted by molar-refractivity contribution is 6.00. The number of nitrogens with one attached hydrogen (secondary N) is 3. The van der Waals surface area contributed by atoms with E-state index in [0.717, 1.165) is 60.4 Å². The second-order valence-corrected chi connectivity index (χ2v) is 9.60. The number of rotatable bonds is 9. The molecular formula is C29H29F3N6O2. The van der Waals surface area contributed by atoms with Crippen molar-refractivity contribution in [1.82, 2.24) is 14.9 Å². The molecule has 3 aromatic carbocycles. The number of alkyl halides is 1. The molecule has 5 rings (SSSR count). The van der Waals surface area contributed by atoms with E-state index in [1.807, 2.05) is 18.2 Å². The number of carbonyl (C=O) groups excluding carboxylic acids is 1. The van der Waals surface area contributed by atoms with E-state index in [1.54, 1.807) is 24.3 Å². The van der Waals surface area contributed by atoms with Crippen molar-refractivity contribution in [2.75, 3.05) is 48.9 Å². The standard InChI is InChI=1S/C29H29F3N6O2/c30-11-14-38-12-9-19(10-13-38)17-40-23-6-7-24-27(16-23)33-18-34-28(24)35-20-1-3-21(4-2-20)36-29(39)37-22-5-8-25(31)26(32)15-22/h1-8,15-16,18-19H,9-14,17H2,(H,33,34,35)(H2,36,37,39). The Labute approximate surface area is 229 Å². The number of likely N-dealkylation sites (tertiary alicyclic amines) is 1. The van der Waals surface area contributed by atoms with Crippen LogP contribution in [0.2, 0.25) is 0 Å². The van der Waals surface area contributed by atoms with Gasteiger partial charge in [-0.15, -0.1) is 0 Å². The van der Waals surface area contributed by atoms with Crippen LogP contribution in [0.4, 0.5) is 40.8 Å². The van der Waals surface area contributed by atoms with Crippen LogP contribution in [0.1, 0.15) is 12.8 Å². The van der Waals surface area contributed by atoms with Crippen molar-refractivity contribution in [3.8, 4) is 5.75 Å². The summed E-state index contributed by atoms with van der Waals surface area (Å²) in [6.45, 7) is 2.63.